The largest absolute Gasteiger partial charge is 0.440 e. The molecule has 0 saturated carbocycles. The highest BCUT2D eigenvalue weighted by Crippen LogP contribution is 2.35. The second-order valence-corrected chi connectivity index (χ2v) is 9.59. The van der Waals surface area contributed by atoms with Gasteiger partial charge in [0, 0.05) is 23.8 Å². The number of hydrogen-bond donors (Lipinski definition) is 0. The molecule has 0 fully saturated rings. The zero-order valence-corrected chi connectivity index (χ0v) is 18.1. The molecular formula is C25H22FNO3S. The molecule has 1 unspecified atom stereocenters. The van der Waals surface area contributed by atoms with E-state index in [1.54, 1.807) is 30.3 Å². The van der Waals surface area contributed by atoms with Crippen molar-refractivity contribution in [3.05, 3.63) is 96.1 Å². The maximum atomic E-state index is 14.6. The molecule has 0 aliphatic carbocycles. The summed E-state index contributed by atoms with van der Waals surface area (Å²) < 4.78 is 44.2. The average Bonchev–Trinajstić information content (AvgIpc) is 3.17. The average molecular weight is 436 g/mol. The number of halogens is 1. The Kier molecular flexibility index (Phi) is 5.74. The van der Waals surface area contributed by atoms with Crippen LogP contribution in [0.25, 0.3) is 22.6 Å². The van der Waals surface area contributed by atoms with Crippen LogP contribution in [0.1, 0.15) is 24.3 Å². The Morgan fingerprint density at radius 1 is 0.935 bits per heavy atom. The molecule has 1 heterocycles. The zero-order valence-electron chi connectivity index (χ0n) is 17.2. The first-order valence-electron chi connectivity index (χ1n) is 9.93. The van der Waals surface area contributed by atoms with Crippen molar-refractivity contribution in [3.8, 4) is 22.6 Å². The van der Waals surface area contributed by atoms with Crippen LogP contribution >= 0.6 is 0 Å². The van der Waals surface area contributed by atoms with Gasteiger partial charge in [0.2, 0.25) is 0 Å². The molecule has 0 aliphatic rings. The van der Waals surface area contributed by atoms with Gasteiger partial charge in [0.15, 0.2) is 21.5 Å². The Morgan fingerprint density at radius 3 is 2.23 bits per heavy atom. The minimum atomic E-state index is -3.32. The lowest BCUT2D eigenvalue weighted by molar-refractivity contribution is 0.488. The van der Waals surface area contributed by atoms with E-state index in [0.29, 0.717) is 34.9 Å². The van der Waals surface area contributed by atoms with Crippen molar-refractivity contribution in [1.82, 2.24) is 4.98 Å². The summed E-state index contributed by atoms with van der Waals surface area (Å²) in [7, 11) is -3.32. The highest BCUT2D eigenvalue weighted by atomic mass is 32.2. The molecule has 4 rings (SSSR count). The smallest absolute Gasteiger partial charge is 0.196 e. The standard InChI is InChI=1S/C25H22FNO3S/c1-17(18-8-4-3-5-9-18)16-23-27-24(21-10-6-7-11-22(21)26)25(30-23)19-12-14-20(15-13-19)31(2,28)29/h3-15,17H,16H2,1-2H3. The number of aromatic nitrogens is 1. The molecule has 0 radical (unpaired) electrons. The van der Waals surface area contributed by atoms with Crippen LogP contribution < -0.4 is 0 Å². The Balaban J connectivity index is 1.77. The van der Waals surface area contributed by atoms with Crippen LogP contribution in [0.3, 0.4) is 0 Å². The Hall–Kier alpha value is -3.25. The first-order valence-corrected chi connectivity index (χ1v) is 11.8. The normalized spacial score (nSPS) is 12.6. The van der Waals surface area contributed by atoms with Gasteiger partial charge in [0.25, 0.3) is 0 Å². The third-order valence-corrected chi connectivity index (χ3v) is 6.32. The fraction of sp³-hybridized carbons (Fsp3) is 0.160. The van der Waals surface area contributed by atoms with Crippen molar-refractivity contribution in [2.75, 3.05) is 6.26 Å². The predicted octanol–water partition coefficient (Wildman–Crippen LogP) is 5.90. The third kappa shape index (κ3) is 4.59. The van der Waals surface area contributed by atoms with Gasteiger partial charge in [0.1, 0.15) is 11.5 Å². The predicted molar refractivity (Wildman–Crippen MR) is 119 cm³/mol. The number of nitrogens with zero attached hydrogens (tertiary/aromatic N) is 1. The molecule has 1 aromatic heterocycles. The van der Waals surface area contributed by atoms with Crippen LogP contribution in [0, 0.1) is 5.82 Å². The minimum Gasteiger partial charge on any atom is -0.440 e. The first-order chi connectivity index (χ1) is 14.8. The summed E-state index contributed by atoms with van der Waals surface area (Å²) in [5.74, 6) is 0.679. The molecule has 4 nitrogen and oxygen atoms in total. The molecule has 0 aliphatic heterocycles. The van der Waals surface area contributed by atoms with Gasteiger partial charge in [-0.15, -0.1) is 0 Å². The van der Waals surface area contributed by atoms with Crippen LogP contribution in [-0.2, 0) is 16.3 Å². The maximum Gasteiger partial charge on any atom is 0.196 e. The number of benzene rings is 3. The van der Waals surface area contributed by atoms with Crippen molar-refractivity contribution >= 4 is 9.84 Å². The molecule has 0 N–H and O–H groups in total. The first kappa shape index (κ1) is 21.0. The molecule has 0 amide bonds. The van der Waals surface area contributed by atoms with E-state index in [4.69, 9.17) is 4.42 Å². The number of sulfone groups is 1. The number of rotatable bonds is 6. The van der Waals surface area contributed by atoms with Gasteiger partial charge in [-0.05, 0) is 47.9 Å². The summed E-state index contributed by atoms with van der Waals surface area (Å²) in [5, 5.41) is 0. The van der Waals surface area contributed by atoms with Crippen molar-refractivity contribution in [2.24, 2.45) is 0 Å². The van der Waals surface area contributed by atoms with Crippen molar-refractivity contribution in [1.29, 1.82) is 0 Å². The quantitative estimate of drug-likeness (QED) is 0.378. The number of oxazole rings is 1. The summed E-state index contributed by atoms with van der Waals surface area (Å²) in [6.07, 6.45) is 1.71. The van der Waals surface area contributed by atoms with Gasteiger partial charge < -0.3 is 4.42 Å². The summed E-state index contributed by atoms with van der Waals surface area (Å²) in [6, 6.07) is 22.8. The Bertz CT molecular complexity index is 1300. The monoisotopic (exact) mass is 435 g/mol. The molecule has 3 aromatic carbocycles. The van der Waals surface area contributed by atoms with Crippen LogP contribution in [-0.4, -0.2) is 19.7 Å². The lowest BCUT2D eigenvalue weighted by Crippen LogP contribution is -1.98. The second-order valence-electron chi connectivity index (χ2n) is 7.58. The summed E-state index contributed by atoms with van der Waals surface area (Å²) >= 11 is 0. The van der Waals surface area contributed by atoms with Gasteiger partial charge in [-0.3, -0.25) is 0 Å². The highest BCUT2D eigenvalue weighted by Gasteiger charge is 2.21. The van der Waals surface area contributed by atoms with E-state index in [0.717, 1.165) is 11.8 Å². The van der Waals surface area contributed by atoms with Gasteiger partial charge in [-0.25, -0.2) is 17.8 Å². The SMILES string of the molecule is CC(Cc1nc(-c2ccccc2F)c(-c2ccc(S(C)(=O)=O)cc2)o1)c1ccccc1. The van der Waals surface area contributed by atoms with E-state index in [1.807, 2.05) is 18.2 Å². The van der Waals surface area contributed by atoms with Crippen molar-refractivity contribution in [3.63, 3.8) is 0 Å². The molecule has 0 spiro atoms. The highest BCUT2D eigenvalue weighted by molar-refractivity contribution is 7.90. The molecule has 158 valence electrons. The topological polar surface area (TPSA) is 60.2 Å². The van der Waals surface area contributed by atoms with E-state index < -0.39 is 15.7 Å². The lowest BCUT2D eigenvalue weighted by atomic mass is 9.98. The maximum absolute atomic E-state index is 14.6. The van der Waals surface area contributed by atoms with Crippen LogP contribution in [0.4, 0.5) is 4.39 Å². The van der Waals surface area contributed by atoms with E-state index in [1.165, 1.54) is 18.2 Å². The zero-order chi connectivity index (χ0) is 22.0. The summed E-state index contributed by atoms with van der Waals surface area (Å²) in [5.41, 5.74) is 2.54. The van der Waals surface area contributed by atoms with Crippen LogP contribution in [0.5, 0.6) is 0 Å². The fourth-order valence-corrected chi connectivity index (χ4v) is 4.13. The molecule has 0 bridgehead atoms. The van der Waals surface area contributed by atoms with Crippen molar-refractivity contribution in [2.45, 2.75) is 24.2 Å². The Labute approximate surface area is 181 Å². The molecule has 0 saturated heterocycles. The Morgan fingerprint density at radius 2 is 1.58 bits per heavy atom. The molecule has 1 atom stereocenters. The summed E-state index contributed by atoms with van der Waals surface area (Å²) in [4.78, 5) is 4.84. The van der Waals surface area contributed by atoms with E-state index in [-0.39, 0.29) is 10.8 Å². The van der Waals surface area contributed by atoms with Crippen LogP contribution in [0.15, 0.2) is 88.2 Å². The fourth-order valence-electron chi connectivity index (χ4n) is 3.50. The third-order valence-electron chi connectivity index (χ3n) is 5.19. The molecule has 6 heteroatoms. The molecular weight excluding hydrogens is 413 g/mol. The van der Waals surface area contributed by atoms with E-state index in [9.17, 15) is 12.8 Å². The van der Waals surface area contributed by atoms with Crippen molar-refractivity contribution < 1.29 is 17.2 Å². The lowest BCUT2D eigenvalue weighted by Gasteiger charge is -2.08. The van der Waals surface area contributed by atoms with E-state index >= 15 is 0 Å². The van der Waals surface area contributed by atoms with Gasteiger partial charge in [0.05, 0.1) is 4.90 Å². The van der Waals surface area contributed by atoms with Crippen LogP contribution in [0.2, 0.25) is 0 Å². The van der Waals surface area contributed by atoms with Gasteiger partial charge in [-0.1, -0.05) is 49.4 Å². The van der Waals surface area contributed by atoms with E-state index in [2.05, 4.69) is 24.0 Å². The number of hydrogen-bond acceptors (Lipinski definition) is 4. The minimum absolute atomic E-state index is 0.161. The van der Waals surface area contributed by atoms with Gasteiger partial charge in [-0.2, -0.15) is 0 Å². The molecule has 4 aromatic rings. The van der Waals surface area contributed by atoms with Gasteiger partial charge >= 0.3 is 0 Å². The molecule has 31 heavy (non-hydrogen) atoms. The summed E-state index contributed by atoms with van der Waals surface area (Å²) in [6.45, 7) is 2.09. The second kappa shape index (κ2) is 8.47.